The summed E-state index contributed by atoms with van der Waals surface area (Å²) < 4.78 is 26.5. The third-order valence-corrected chi connectivity index (χ3v) is 2.92. The first-order chi connectivity index (χ1) is 9.47. The number of benzene rings is 2. The monoisotopic (exact) mass is 296 g/mol. The van der Waals surface area contributed by atoms with Crippen molar-refractivity contribution < 1.29 is 13.6 Å². The molecule has 2 aromatic carbocycles. The first-order valence-corrected chi connectivity index (χ1v) is 6.12. The Balaban J connectivity index is 2.09. The van der Waals surface area contributed by atoms with E-state index < -0.39 is 23.2 Å². The molecule has 0 saturated heterocycles. The summed E-state index contributed by atoms with van der Waals surface area (Å²) in [5.74, 6) is -2.52. The van der Waals surface area contributed by atoms with Crippen LogP contribution in [0.15, 0.2) is 36.4 Å². The number of nitrogens with one attached hydrogen (secondary N) is 1. The zero-order valence-electron chi connectivity index (χ0n) is 10.3. The number of amides is 1. The van der Waals surface area contributed by atoms with Crippen LogP contribution in [0, 0.1) is 11.6 Å². The second kappa shape index (κ2) is 5.88. The van der Waals surface area contributed by atoms with Crippen molar-refractivity contribution >= 4 is 23.2 Å². The Morgan fingerprint density at radius 1 is 1.20 bits per heavy atom. The van der Waals surface area contributed by atoms with Gasteiger partial charge >= 0.3 is 0 Å². The molecule has 0 saturated carbocycles. The average Bonchev–Trinajstić information content (AvgIpc) is 2.41. The Morgan fingerprint density at radius 3 is 2.45 bits per heavy atom. The van der Waals surface area contributed by atoms with Gasteiger partial charge in [-0.3, -0.25) is 4.79 Å². The van der Waals surface area contributed by atoms with Gasteiger partial charge in [0.15, 0.2) is 0 Å². The highest BCUT2D eigenvalue weighted by atomic mass is 35.5. The minimum atomic E-state index is -0.960. The van der Waals surface area contributed by atoms with Crippen LogP contribution in [0.5, 0.6) is 0 Å². The van der Waals surface area contributed by atoms with E-state index >= 15 is 0 Å². The summed E-state index contributed by atoms with van der Waals surface area (Å²) in [6.07, 6.45) is 0. The van der Waals surface area contributed by atoms with Crippen LogP contribution in [-0.4, -0.2) is 5.91 Å². The molecule has 0 atom stereocenters. The van der Waals surface area contributed by atoms with Crippen LogP contribution in [0.4, 0.5) is 14.5 Å². The van der Waals surface area contributed by atoms with Gasteiger partial charge in [-0.05, 0) is 29.8 Å². The summed E-state index contributed by atoms with van der Waals surface area (Å²) in [6.45, 7) is 0.201. The quantitative estimate of drug-likeness (QED) is 0.855. The molecule has 0 aliphatic carbocycles. The number of hydrogen-bond acceptors (Lipinski definition) is 2. The molecule has 3 nitrogen and oxygen atoms in total. The molecule has 0 heterocycles. The van der Waals surface area contributed by atoms with E-state index in [-0.39, 0.29) is 12.1 Å². The van der Waals surface area contributed by atoms with E-state index in [1.54, 1.807) is 24.3 Å². The van der Waals surface area contributed by atoms with Crippen LogP contribution in [0.3, 0.4) is 0 Å². The normalized spacial score (nSPS) is 10.3. The van der Waals surface area contributed by atoms with Gasteiger partial charge in [0, 0.05) is 17.1 Å². The molecule has 104 valence electrons. The number of halogens is 3. The molecule has 1 amide bonds. The van der Waals surface area contributed by atoms with Crippen LogP contribution in [-0.2, 0) is 6.54 Å². The number of nitrogens with two attached hydrogens (primary N) is 1. The fraction of sp³-hybridized carbons (Fsp3) is 0.0714. The van der Waals surface area contributed by atoms with Crippen molar-refractivity contribution in [1.82, 2.24) is 5.32 Å². The van der Waals surface area contributed by atoms with E-state index in [4.69, 9.17) is 17.3 Å². The molecule has 0 unspecified atom stereocenters. The van der Waals surface area contributed by atoms with Gasteiger partial charge in [-0.25, -0.2) is 8.78 Å². The van der Waals surface area contributed by atoms with Crippen LogP contribution in [0.2, 0.25) is 5.02 Å². The molecular weight excluding hydrogens is 286 g/mol. The molecule has 2 rings (SSSR count). The number of hydrogen-bond donors (Lipinski definition) is 2. The van der Waals surface area contributed by atoms with Crippen molar-refractivity contribution in [2.45, 2.75) is 6.54 Å². The second-order valence-electron chi connectivity index (χ2n) is 4.17. The molecule has 2 aromatic rings. The van der Waals surface area contributed by atoms with Crippen molar-refractivity contribution in [3.63, 3.8) is 0 Å². The molecule has 3 N–H and O–H groups in total. The summed E-state index contributed by atoms with van der Waals surface area (Å²) in [4.78, 5) is 11.8. The largest absolute Gasteiger partial charge is 0.394 e. The Hall–Kier alpha value is -2.14. The smallest absolute Gasteiger partial charge is 0.251 e. The third-order valence-electron chi connectivity index (χ3n) is 2.68. The van der Waals surface area contributed by atoms with Gasteiger partial charge < -0.3 is 11.1 Å². The van der Waals surface area contributed by atoms with Crippen molar-refractivity contribution in [2.24, 2.45) is 0 Å². The minimum Gasteiger partial charge on any atom is -0.394 e. The summed E-state index contributed by atoms with van der Waals surface area (Å²) in [6, 6.07) is 8.70. The van der Waals surface area contributed by atoms with Crippen LogP contribution in [0.1, 0.15) is 15.9 Å². The number of carbonyl (C=O) groups is 1. The van der Waals surface area contributed by atoms with Crippen LogP contribution >= 0.6 is 11.6 Å². The average molecular weight is 297 g/mol. The van der Waals surface area contributed by atoms with Gasteiger partial charge in [0.25, 0.3) is 5.91 Å². The first kappa shape index (κ1) is 14.3. The zero-order valence-corrected chi connectivity index (χ0v) is 11.0. The standard InChI is InChI=1S/C14H11ClF2N2O/c15-10-3-1-2-8(4-10)7-19-14(20)9-5-11(16)13(18)12(17)6-9/h1-6H,7,18H2,(H,19,20). The van der Waals surface area contributed by atoms with E-state index in [1.807, 2.05) is 0 Å². The lowest BCUT2D eigenvalue weighted by Gasteiger charge is -2.07. The first-order valence-electron chi connectivity index (χ1n) is 5.74. The fourth-order valence-corrected chi connectivity index (χ4v) is 1.86. The van der Waals surface area contributed by atoms with E-state index in [9.17, 15) is 13.6 Å². The lowest BCUT2D eigenvalue weighted by atomic mass is 10.1. The van der Waals surface area contributed by atoms with Crippen molar-refractivity contribution in [1.29, 1.82) is 0 Å². The topological polar surface area (TPSA) is 55.1 Å². The summed E-state index contributed by atoms with van der Waals surface area (Å²) in [5, 5.41) is 3.09. The molecule has 0 radical (unpaired) electrons. The predicted molar refractivity (Wildman–Crippen MR) is 73.4 cm³/mol. The van der Waals surface area contributed by atoms with E-state index in [2.05, 4.69) is 5.32 Å². The maximum Gasteiger partial charge on any atom is 0.251 e. The zero-order chi connectivity index (χ0) is 14.7. The van der Waals surface area contributed by atoms with E-state index in [1.165, 1.54) is 0 Å². The molecule has 0 aliphatic heterocycles. The fourth-order valence-electron chi connectivity index (χ4n) is 1.65. The lowest BCUT2D eigenvalue weighted by molar-refractivity contribution is 0.0950. The second-order valence-corrected chi connectivity index (χ2v) is 4.60. The molecule has 0 bridgehead atoms. The molecule has 20 heavy (non-hydrogen) atoms. The molecule has 6 heteroatoms. The number of anilines is 1. The Morgan fingerprint density at radius 2 is 1.85 bits per heavy atom. The van der Waals surface area contributed by atoms with Crippen LogP contribution in [0.25, 0.3) is 0 Å². The van der Waals surface area contributed by atoms with Gasteiger partial charge in [0.05, 0.1) is 0 Å². The highest BCUT2D eigenvalue weighted by Gasteiger charge is 2.12. The number of nitrogen functional groups attached to an aromatic ring is 1. The highest BCUT2D eigenvalue weighted by molar-refractivity contribution is 6.30. The van der Waals surface area contributed by atoms with Crippen molar-refractivity contribution in [2.75, 3.05) is 5.73 Å². The number of carbonyl (C=O) groups excluding carboxylic acids is 1. The van der Waals surface area contributed by atoms with Gasteiger partial charge in [-0.2, -0.15) is 0 Å². The Bertz CT molecular complexity index is 638. The summed E-state index contributed by atoms with van der Waals surface area (Å²) in [5.41, 5.74) is 5.19. The van der Waals surface area contributed by atoms with E-state index in [0.717, 1.165) is 17.7 Å². The van der Waals surface area contributed by atoms with Crippen LogP contribution < -0.4 is 11.1 Å². The van der Waals surface area contributed by atoms with E-state index in [0.29, 0.717) is 5.02 Å². The van der Waals surface area contributed by atoms with Gasteiger partial charge in [-0.15, -0.1) is 0 Å². The molecule has 0 fully saturated rings. The summed E-state index contributed by atoms with van der Waals surface area (Å²) >= 11 is 5.81. The van der Waals surface area contributed by atoms with Crippen molar-refractivity contribution in [3.8, 4) is 0 Å². The van der Waals surface area contributed by atoms with Gasteiger partial charge in [0.1, 0.15) is 17.3 Å². The summed E-state index contributed by atoms with van der Waals surface area (Å²) in [7, 11) is 0. The number of rotatable bonds is 3. The molecule has 0 spiro atoms. The lowest BCUT2D eigenvalue weighted by Crippen LogP contribution is -2.23. The molecule has 0 aromatic heterocycles. The Labute approximate surface area is 119 Å². The molecular formula is C14H11ClF2N2O. The SMILES string of the molecule is Nc1c(F)cc(C(=O)NCc2cccc(Cl)c2)cc1F. The van der Waals surface area contributed by atoms with Crippen molar-refractivity contribution in [3.05, 3.63) is 64.2 Å². The maximum atomic E-state index is 13.3. The van der Waals surface area contributed by atoms with Gasteiger partial charge in [0.2, 0.25) is 0 Å². The molecule has 0 aliphatic rings. The Kier molecular flexibility index (Phi) is 4.20. The highest BCUT2D eigenvalue weighted by Crippen LogP contribution is 2.17. The van der Waals surface area contributed by atoms with Gasteiger partial charge in [-0.1, -0.05) is 23.7 Å². The predicted octanol–water partition coefficient (Wildman–Crippen LogP) is 3.13. The third kappa shape index (κ3) is 3.24. The minimum absolute atomic E-state index is 0.128. The maximum absolute atomic E-state index is 13.3.